The van der Waals surface area contributed by atoms with E-state index in [1.54, 1.807) is 0 Å². The van der Waals surface area contributed by atoms with E-state index in [1.165, 1.54) is 13.8 Å². The van der Waals surface area contributed by atoms with Gasteiger partial charge in [0, 0.05) is 34.6 Å². The van der Waals surface area contributed by atoms with Crippen molar-refractivity contribution in [2.75, 3.05) is 0 Å². The lowest BCUT2D eigenvalue weighted by Crippen LogP contribution is -2.60. The molecule has 1 aliphatic heterocycles. The summed E-state index contributed by atoms with van der Waals surface area (Å²) >= 11 is 0. The summed E-state index contributed by atoms with van der Waals surface area (Å²) in [5.74, 6) is -3.90. The summed E-state index contributed by atoms with van der Waals surface area (Å²) in [7, 11) is 0. The van der Waals surface area contributed by atoms with Gasteiger partial charge in [0.1, 0.15) is 30.5 Å². The molecule has 1 saturated heterocycles. The van der Waals surface area contributed by atoms with Crippen LogP contribution in [0.25, 0.3) is 0 Å². The van der Waals surface area contributed by atoms with E-state index >= 15 is 0 Å². The summed E-state index contributed by atoms with van der Waals surface area (Å²) in [4.78, 5) is 46.7. The summed E-state index contributed by atoms with van der Waals surface area (Å²) in [6.45, 7) is 6.97. The third-order valence-corrected chi connectivity index (χ3v) is 2.44. The maximum Gasteiger partial charge on any atom is 0.302 e. The van der Waals surface area contributed by atoms with Crippen LogP contribution in [0.2, 0.25) is 0 Å². The Balaban J connectivity index is -0.000000200. The van der Waals surface area contributed by atoms with Crippen LogP contribution in [0.15, 0.2) is 0 Å². The summed E-state index contributed by atoms with van der Waals surface area (Å²) in [6.07, 6.45) is -8.13. The lowest BCUT2D eigenvalue weighted by molar-refractivity contribution is -0.296. The fourth-order valence-electron chi connectivity index (χ4n) is 1.60. The summed E-state index contributed by atoms with van der Waals surface area (Å²) < 4.78 is 9.63. The van der Waals surface area contributed by atoms with Gasteiger partial charge < -0.3 is 50.3 Å². The smallest absolute Gasteiger partial charge is 0.302 e. The van der Waals surface area contributed by atoms with Crippen LogP contribution in [-0.2, 0) is 33.4 Å². The lowest BCUT2D eigenvalue weighted by Gasteiger charge is -2.40. The number of carboxylic acid groups (broad SMARTS) is 4. The Morgan fingerprint density at radius 3 is 1.19 bits per heavy atom. The van der Waals surface area contributed by atoms with Gasteiger partial charge in [-0.15, -0.1) is 0 Å². The van der Waals surface area contributed by atoms with E-state index < -0.39 is 66.7 Å². The third-order valence-electron chi connectivity index (χ3n) is 2.44. The molecule has 32 heavy (non-hydrogen) atoms. The maximum atomic E-state index is 10.7. The standard InChI is InChI=1S/C9H16O7.4C2H4O2/c1-3(15-4(2)10)8-6(12)5(11)7(13)9(14)16-8;4*1-2(3)4/h3,5-9,11-14H,1-2H3;4*1H3,(H,3,4)/t3-,5?,6?,7?,8?,9?;;;;/m0..../s1. The molecule has 0 aliphatic carbocycles. The molecule has 0 aromatic heterocycles. The van der Waals surface area contributed by atoms with Crippen molar-refractivity contribution >= 4 is 29.8 Å². The quantitative estimate of drug-likeness (QED) is 0.202. The van der Waals surface area contributed by atoms with Gasteiger partial charge in [0.15, 0.2) is 6.29 Å². The number of ether oxygens (including phenoxy) is 2. The van der Waals surface area contributed by atoms with Gasteiger partial charge in [-0.2, -0.15) is 0 Å². The minimum absolute atomic E-state index is 0.571. The van der Waals surface area contributed by atoms with Crippen LogP contribution in [0, 0.1) is 0 Å². The number of esters is 1. The fraction of sp³-hybridized carbons (Fsp3) is 0.706. The fourth-order valence-corrected chi connectivity index (χ4v) is 1.60. The first-order valence-corrected chi connectivity index (χ1v) is 8.60. The van der Waals surface area contributed by atoms with Gasteiger partial charge in [-0.3, -0.25) is 24.0 Å². The largest absolute Gasteiger partial charge is 0.481 e. The number of aliphatic carboxylic acids is 4. The monoisotopic (exact) mass is 476 g/mol. The number of aliphatic hydroxyl groups excluding tert-OH is 4. The second-order valence-corrected chi connectivity index (χ2v) is 5.85. The van der Waals surface area contributed by atoms with Crippen molar-refractivity contribution in [1.29, 1.82) is 0 Å². The van der Waals surface area contributed by atoms with Crippen molar-refractivity contribution in [2.24, 2.45) is 0 Å². The van der Waals surface area contributed by atoms with Gasteiger partial charge in [0.05, 0.1) is 0 Å². The molecule has 0 radical (unpaired) electrons. The minimum atomic E-state index is -1.62. The minimum Gasteiger partial charge on any atom is -0.481 e. The lowest BCUT2D eigenvalue weighted by atomic mass is 9.96. The zero-order valence-electron chi connectivity index (χ0n) is 18.4. The van der Waals surface area contributed by atoms with E-state index in [9.17, 15) is 25.2 Å². The molecule has 6 atom stereocenters. The van der Waals surface area contributed by atoms with Crippen LogP contribution >= 0.6 is 0 Å². The summed E-state index contributed by atoms with van der Waals surface area (Å²) in [6, 6.07) is 0. The Morgan fingerprint density at radius 1 is 0.656 bits per heavy atom. The zero-order chi connectivity index (χ0) is 26.8. The Kier molecular flexibility index (Phi) is 22.9. The third kappa shape index (κ3) is 29.4. The molecular weight excluding hydrogens is 444 g/mol. The van der Waals surface area contributed by atoms with E-state index in [-0.39, 0.29) is 0 Å². The molecular formula is C17H32O15. The number of carboxylic acids is 4. The summed E-state index contributed by atoms with van der Waals surface area (Å²) in [5, 5.41) is 67.1. The summed E-state index contributed by atoms with van der Waals surface area (Å²) in [5.41, 5.74) is 0. The number of hydrogen-bond acceptors (Lipinski definition) is 11. The van der Waals surface area contributed by atoms with Crippen molar-refractivity contribution in [3.05, 3.63) is 0 Å². The molecule has 0 aromatic rings. The average Bonchev–Trinajstić information content (AvgIpc) is 2.53. The van der Waals surface area contributed by atoms with Gasteiger partial charge in [0.2, 0.25) is 0 Å². The van der Waals surface area contributed by atoms with E-state index in [4.69, 9.17) is 49.1 Å². The molecule has 8 N–H and O–H groups in total. The van der Waals surface area contributed by atoms with Gasteiger partial charge in [-0.25, -0.2) is 0 Å². The van der Waals surface area contributed by atoms with Crippen LogP contribution in [0.5, 0.6) is 0 Å². The molecule has 1 heterocycles. The number of aliphatic hydroxyl groups is 4. The first-order chi connectivity index (χ1) is 14.3. The number of carbonyl (C=O) groups excluding carboxylic acids is 1. The molecule has 0 saturated carbocycles. The number of rotatable bonds is 2. The number of hydrogen-bond donors (Lipinski definition) is 8. The van der Waals surface area contributed by atoms with Crippen LogP contribution in [0.3, 0.4) is 0 Å². The molecule has 5 unspecified atom stereocenters. The Hall–Kier alpha value is -2.85. The second kappa shape index (κ2) is 20.1. The van der Waals surface area contributed by atoms with E-state index in [1.807, 2.05) is 0 Å². The molecule has 15 nitrogen and oxygen atoms in total. The topological polar surface area (TPSA) is 266 Å². The van der Waals surface area contributed by atoms with Crippen molar-refractivity contribution in [1.82, 2.24) is 0 Å². The highest BCUT2D eigenvalue weighted by atomic mass is 16.7. The van der Waals surface area contributed by atoms with Gasteiger partial charge >= 0.3 is 5.97 Å². The van der Waals surface area contributed by atoms with Crippen LogP contribution in [0.1, 0.15) is 41.5 Å². The van der Waals surface area contributed by atoms with Crippen molar-refractivity contribution in [3.63, 3.8) is 0 Å². The van der Waals surface area contributed by atoms with Gasteiger partial charge in [-0.05, 0) is 6.92 Å². The highest BCUT2D eigenvalue weighted by Crippen LogP contribution is 2.23. The molecule has 0 aromatic carbocycles. The SMILES string of the molecule is CC(=O)O.CC(=O)O.CC(=O)O.CC(=O)O.CC(=O)O[C@@H](C)C1OC(O)C(O)C(O)C1O. The predicted octanol–water partition coefficient (Wildman–Crippen LogP) is -1.90. The van der Waals surface area contributed by atoms with Crippen molar-refractivity contribution < 1.29 is 74.3 Å². The highest BCUT2D eigenvalue weighted by Gasteiger charge is 2.45. The van der Waals surface area contributed by atoms with Crippen LogP contribution < -0.4 is 0 Å². The Bertz CT molecular complexity index is 512. The highest BCUT2D eigenvalue weighted by molar-refractivity contribution is 5.66. The molecule has 190 valence electrons. The molecule has 0 amide bonds. The van der Waals surface area contributed by atoms with Crippen LogP contribution in [-0.4, -0.2) is 108 Å². The first-order valence-electron chi connectivity index (χ1n) is 8.60. The van der Waals surface area contributed by atoms with Gasteiger partial charge in [0.25, 0.3) is 23.9 Å². The molecule has 0 bridgehead atoms. The molecule has 0 spiro atoms. The second-order valence-electron chi connectivity index (χ2n) is 5.85. The molecule has 15 heteroatoms. The predicted molar refractivity (Wildman–Crippen MR) is 103 cm³/mol. The first kappa shape index (κ1) is 36.5. The van der Waals surface area contributed by atoms with Crippen molar-refractivity contribution in [2.45, 2.75) is 78.4 Å². The van der Waals surface area contributed by atoms with E-state index in [0.717, 1.165) is 27.7 Å². The van der Waals surface area contributed by atoms with Crippen LogP contribution in [0.4, 0.5) is 0 Å². The normalized spacial score (nSPS) is 23.9. The Labute approximate surface area is 183 Å². The molecule has 1 fully saturated rings. The van der Waals surface area contributed by atoms with Crippen molar-refractivity contribution in [3.8, 4) is 0 Å². The van der Waals surface area contributed by atoms with Gasteiger partial charge in [-0.1, -0.05) is 0 Å². The van der Waals surface area contributed by atoms with E-state index in [2.05, 4.69) is 0 Å². The average molecular weight is 476 g/mol. The maximum absolute atomic E-state index is 10.7. The zero-order valence-corrected chi connectivity index (χ0v) is 18.4. The molecule has 1 rings (SSSR count). The number of carbonyl (C=O) groups is 5. The Morgan fingerprint density at radius 2 is 0.938 bits per heavy atom. The van der Waals surface area contributed by atoms with E-state index in [0.29, 0.717) is 0 Å². The molecule has 1 aliphatic rings.